The molecule has 0 saturated carbocycles. The topological polar surface area (TPSA) is 52.5 Å². The highest BCUT2D eigenvalue weighted by molar-refractivity contribution is 6.39. The van der Waals surface area contributed by atoms with Gasteiger partial charge in [0.2, 0.25) is 0 Å². The van der Waals surface area contributed by atoms with Crippen LogP contribution in [0.25, 0.3) is 0 Å². The molecule has 0 amide bonds. The Kier molecular flexibility index (Phi) is 3.50. The number of pyridine rings is 1. The molecule has 4 rings (SSSR count). The molecule has 0 aliphatic carbocycles. The fourth-order valence-corrected chi connectivity index (χ4v) is 3.68. The van der Waals surface area contributed by atoms with Gasteiger partial charge in [-0.05, 0) is 25.1 Å². The number of halogens is 3. The summed E-state index contributed by atoms with van der Waals surface area (Å²) in [5, 5.41) is 9.66. The van der Waals surface area contributed by atoms with Crippen LogP contribution in [0.4, 0.5) is 15.8 Å². The minimum atomic E-state index is -0.436. The molecule has 1 saturated heterocycles. The van der Waals surface area contributed by atoms with Crippen molar-refractivity contribution in [2.24, 2.45) is 0 Å². The highest BCUT2D eigenvalue weighted by Gasteiger charge is 2.45. The summed E-state index contributed by atoms with van der Waals surface area (Å²) in [4.78, 5) is 5.71. The van der Waals surface area contributed by atoms with Crippen molar-refractivity contribution in [1.82, 2.24) is 4.98 Å². The van der Waals surface area contributed by atoms with E-state index in [2.05, 4.69) is 4.98 Å². The summed E-state index contributed by atoms with van der Waals surface area (Å²) in [6, 6.07) is 5.07. The number of fused-ring (bicyclic) bond motifs is 3. The molecule has 2 unspecified atom stereocenters. The third-order valence-corrected chi connectivity index (χ3v) is 4.67. The molecule has 2 aliphatic rings. The lowest BCUT2D eigenvalue weighted by atomic mass is 10.1. The Hall–Kier alpha value is -2.13. The molecule has 0 N–H and O–H groups in total. The molecule has 7 heteroatoms. The lowest BCUT2D eigenvalue weighted by Gasteiger charge is -2.28. The maximum Gasteiger partial charge on any atom is 0.149 e. The van der Waals surface area contributed by atoms with Gasteiger partial charge in [-0.1, -0.05) is 23.2 Å². The second-order valence-corrected chi connectivity index (χ2v) is 6.43. The molecular weight excluding hydrogens is 352 g/mol. The van der Waals surface area contributed by atoms with Crippen LogP contribution in [-0.2, 0) is 4.74 Å². The van der Waals surface area contributed by atoms with Gasteiger partial charge in [-0.3, -0.25) is 4.98 Å². The van der Waals surface area contributed by atoms with Gasteiger partial charge < -0.3 is 9.64 Å². The molecule has 4 nitrogen and oxygen atoms in total. The number of ether oxygens (including phenoxy) is 1. The van der Waals surface area contributed by atoms with E-state index < -0.39 is 5.82 Å². The van der Waals surface area contributed by atoms with E-state index >= 15 is 0 Å². The summed E-state index contributed by atoms with van der Waals surface area (Å²) < 4.78 is 19.9. The van der Waals surface area contributed by atoms with Gasteiger partial charge in [-0.2, -0.15) is 5.26 Å². The van der Waals surface area contributed by atoms with Crippen LogP contribution in [0.15, 0.2) is 36.3 Å². The summed E-state index contributed by atoms with van der Waals surface area (Å²) in [6.45, 7) is 1.86. The van der Waals surface area contributed by atoms with Crippen molar-refractivity contribution >= 4 is 34.6 Å². The molecule has 1 aromatic carbocycles. The third-order valence-electron chi connectivity index (χ3n) is 4.10. The number of rotatable bonds is 1. The van der Waals surface area contributed by atoms with Crippen LogP contribution in [0.3, 0.4) is 0 Å². The van der Waals surface area contributed by atoms with E-state index in [1.54, 1.807) is 11.1 Å². The van der Waals surface area contributed by atoms with Gasteiger partial charge in [-0.15, -0.1) is 0 Å². The largest absolute Gasteiger partial charge is 0.360 e. The summed E-state index contributed by atoms with van der Waals surface area (Å²) in [7, 11) is 0. The molecule has 1 fully saturated rings. The van der Waals surface area contributed by atoms with Gasteiger partial charge in [0.1, 0.15) is 18.0 Å². The molecule has 120 valence electrons. The zero-order valence-corrected chi connectivity index (χ0v) is 13.9. The number of epoxide rings is 1. The number of allylic oxidation sites excluding steroid dienone is 1. The van der Waals surface area contributed by atoms with Gasteiger partial charge in [-0.25, -0.2) is 4.39 Å². The first kappa shape index (κ1) is 15.4. The van der Waals surface area contributed by atoms with Crippen molar-refractivity contribution < 1.29 is 9.13 Å². The molecule has 0 spiro atoms. The molecule has 2 aromatic rings. The van der Waals surface area contributed by atoms with Crippen molar-refractivity contribution in [3.8, 4) is 6.07 Å². The lowest BCUT2D eigenvalue weighted by Crippen LogP contribution is -2.17. The van der Waals surface area contributed by atoms with E-state index in [0.717, 1.165) is 5.70 Å². The van der Waals surface area contributed by atoms with Crippen LogP contribution in [-0.4, -0.2) is 11.1 Å². The van der Waals surface area contributed by atoms with Gasteiger partial charge in [0.15, 0.2) is 0 Å². The predicted octanol–water partition coefficient (Wildman–Crippen LogP) is 4.89. The number of nitriles is 1. The van der Waals surface area contributed by atoms with E-state index in [9.17, 15) is 4.39 Å². The summed E-state index contributed by atoms with van der Waals surface area (Å²) in [6.07, 6.45) is 4.11. The SMILES string of the molecule is CC1=CC2OC2c2c(F)cncc2N1c1c(Cl)cc(C#N)cc1Cl. The first-order chi connectivity index (χ1) is 11.5. The number of benzene rings is 1. The minimum Gasteiger partial charge on any atom is -0.360 e. The zero-order valence-electron chi connectivity index (χ0n) is 12.4. The smallest absolute Gasteiger partial charge is 0.149 e. The fraction of sp³-hybridized carbons (Fsp3) is 0.176. The summed E-state index contributed by atoms with van der Waals surface area (Å²) in [5.41, 5.74) is 2.60. The van der Waals surface area contributed by atoms with Crippen molar-refractivity contribution in [1.29, 1.82) is 5.26 Å². The molecule has 1 aromatic heterocycles. The third kappa shape index (κ3) is 2.27. The number of hydrogen-bond acceptors (Lipinski definition) is 4. The van der Waals surface area contributed by atoms with Gasteiger partial charge >= 0.3 is 0 Å². The quantitative estimate of drug-likeness (QED) is 0.678. The average molecular weight is 362 g/mol. The Balaban J connectivity index is 1.98. The first-order valence-corrected chi connectivity index (χ1v) is 7.93. The van der Waals surface area contributed by atoms with Crippen molar-refractivity contribution in [3.63, 3.8) is 0 Å². The van der Waals surface area contributed by atoms with Crippen LogP contribution < -0.4 is 4.90 Å². The standard InChI is InChI=1S/C17H10Cl2FN3O/c1-8-2-14-17(24-14)15-12(20)6-22-7-13(15)23(8)16-10(18)3-9(5-21)4-11(16)19/h2-4,6-7,14,17H,1H3. The molecule has 2 aliphatic heterocycles. The Morgan fingerprint density at radius 1 is 1.29 bits per heavy atom. The Bertz CT molecular complexity index is 915. The molecule has 24 heavy (non-hydrogen) atoms. The molecule has 2 atom stereocenters. The highest BCUT2D eigenvalue weighted by Crippen LogP contribution is 2.52. The van der Waals surface area contributed by atoms with Crippen LogP contribution in [0.1, 0.15) is 24.2 Å². The number of hydrogen-bond donors (Lipinski definition) is 0. The fourth-order valence-electron chi connectivity index (χ4n) is 3.02. The highest BCUT2D eigenvalue weighted by atomic mass is 35.5. The predicted molar refractivity (Wildman–Crippen MR) is 88.9 cm³/mol. The monoisotopic (exact) mass is 361 g/mol. The van der Waals surface area contributed by atoms with Gasteiger partial charge in [0.05, 0.1) is 45.4 Å². The van der Waals surface area contributed by atoms with Crippen LogP contribution in [0.2, 0.25) is 10.0 Å². The summed E-state index contributed by atoms with van der Waals surface area (Å²) >= 11 is 12.7. The molecule has 0 radical (unpaired) electrons. The second-order valence-electron chi connectivity index (χ2n) is 5.62. The summed E-state index contributed by atoms with van der Waals surface area (Å²) in [5.74, 6) is -0.436. The lowest BCUT2D eigenvalue weighted by molar-refractivity contribution is 0.386. The number of aromatic nitrogens is 1. The van der Waals surface area contributed by atoms with E-state index in [-0.39, 0.29) is 12.2 Å². The van der Waals surface area contributed by atoms with Crippen LogP contribution in [0, 0.1) is 17.1 Å². The van der Waals surface area contributed by atoms with Gasteiger partial charge in [0.25, 0.3) is 0 Å². The number of nitrogens with zero attached hydrogens (tertiary/aromatic N) is 3. The normalized spacial score (nSPS) is 21.3. The molecular formula is C17H10Cl2FN3O. The van der Waals surface area contributed by atoms with Gasteiger partial charge in [0, 0.05) is 11.3 Å². The Labute approximate surface area is 147 Å². The average Bonchev–Trinajstić information content (AvgIpc) is 3.29. The van der Waals surface area contributed by atoms with E-state index in [1.807, 2.05) is 19.1 Å². The molecule has 3 heterocycles. The minimum absolute atomic E-state index is 0.179. The first-order valence-electron chi connectivity index (χ1n) is 7.18. The van der Waals surface area contributed by atoms with Crippen molar-refractivity contribution in [2.45, 2.75) is 19.1 Å². The molecule has 0 bridgehead atoms. The number of anilines is 2. The van der Waals surface area contributed by atoms with Crippen molar-refractivity contribution in [2.75, 3.05) is 4.90 Å². The van der Waals surface area contributed by atoms with E-state index in [1.165, 1.54) is 18.3 Å². The maximum absolute atomic E-state index is 14.4. The maximum atomic E-state index is 14.4. The van der Waals surface area contributed by atoms with E-state index in [4.69, 9.17) is 33.2 Å². The van der Waals surface area contributed by atoms with Crippen LogP contribution >= 0.6 is 23.2 Å². The zero-order chi connectivity index (χ0) is 17.0. The second kappa shape index (κ2) is 5.45. The Morgan fingerprint density at radius 3 is 2.67 bits per heavy atom. The van der Waals surface area contributed by atoms with Crippen LogP contribution in [0.5, 0.6) is 0 Å². The Morgan fingerprint density at radius 2 is 2.00 bits per heavy atom. The van der Waals surface area contributed by atoms with Crippen molar-refractivity contribution in [3.05, 3.63) is 63.3 Å². The van der Waals surface area contributed by atoms with E-state index in [0.29, 0.717) is 32.5 Å².